The second kappa shape index (κ2) is 7.75. The highest BCUT2D eigenvalue weighted by Crippen LogP contribution is 2.31. The zero-order chi connectivity index (χ0) is 15.1. The normalized spacial score (nSPS) is 12.1. The van der Waals surface area contributed by atoms with Crippen molar-refractivity contribution in [2.75, 3.05) is 13.7 Å². The van der Waals surface area contributed by atoms with Gasteiger partial charge in [-0.05, 0) is 38.5 Å². The second-order valence-corrected chi connectivity index (χ2v) is 4.90. The van der Waals surface area contributed by atoms with Crippen LogP contribution in [0.1, 0.15) is 38.8 Å². The van der Waals surface area contributed by atoms with Crippen LogP contribution in [-0.2, 0) is 4.79 Å². The van der Waals surface area contributed by atoms with Crippen molar-refractivity contribution in [2.24, 2.45) is 5.73 Å². The van der Waals surface area contributed by atoms with Gasteiger partial charge in [0.1, 0.15) is 0 Å². The summed E-state index contributed by atoms with van der Waals surface area (Å²) >= 11 is 0. The largest absolute Gasteiger partial charge is 0.493 e. The average molecular weight is 280 g/mol. The number of nitrogens with one attached hydrogen (secondary N) is 1. The van der Waals surface area contributed by atoms with Crippen molar-refractivity contribution in [3.05, 3.63) is 23.8 Å². The molecule has 1 atom stereocenters. The molecule has 1 unspecified atom stereocenters. The number of rotatable bonds is 7. The number of amides is 1. The molecule has 0 fully saturated rings. The van der Waals surface area contributed by atoms with Crippen LogP contribution in [0.4, 0.5) is 0 Å². The van der Waals surface area contributed by atoms with Gasteiger partial charge >= 0.3 is 0 Å². The number of benzene rings is 1. The van der Waals surface area contributed by atoms with E-state index in [1.165, 1.54) is 0 Å². The summed E-state index contributed by atoms with van der Waals surface area (Å²) in [5.41, 5.74) is 6.32. The van der Waals surface area contributed by atoms with Gasteiger partial charge in [-0.2, -0.15) is 0 Å². The molecular weight excluding hydrogens is 256 g/mol. The number of hydrogen-bond acceptors (Lipinski definition) is 4. The first-order chi connectivity index (χ1) is 9.47. The van der Waals surface area contributed by atoms with Gasteiger partial charge < -0.3 is 20.5 Å². The molecule has 0 aromatic heterocycles. The lowest BCUT2D eigenvalue weighted by Crippen LogP contribution is -2.28. The summed E-state index contributed by atoms with van der Waals surface area (Å²) in [6.07, 6.45) is 0.409. The number of nitrogens with two attached hydrogens (primary N) is 1. The summed E-state index contributed by atoms with van der Waals surface area (Å²) < 4.78 is 11.0. The van der Waals surface area contributed by atoms with Gasteiger partial charge in [-0.1, -0.05) is 6.07 Å². The van der Waals surface area contributed by atoms with E-state index < -0.39 is 0 Å². The first-order valence-corrected chi connectivity index (χ1v) is 6.82. The van der Waals surface area contributed by atoms with Crippen molar-refractivity contribution < 1.29 is 14.3 Å². The fraction of sp³-hybridized carbons (Fsp3) is 0.533. The lowest BCUT2D eigenvalue weighted by Gasteiger charge is -2.18. The van der Waals surface area contributed by atoms with Crippen molar-refractivity contribution in [3.63, 3.8) is 0 Å². The predicted octanol–water partition coefficient (Wildman–Crippen LogP) is 2.01. The van der Waals surface area contributed by atoms with E-state index in [9.17, 15) is 4.79 Å². The van der Waals surface area contributed by atoms with E-state index >= 15 is 0 Å². The molecule has 1 amide bonds. The molecule has 0 bridgehead atoms. The Kier molecular flexibility index (Phi) is 6.31. The molecule has 20 heavy (non-hydrogen) atoms. The maximum absolute atomic E-state index is 11.5. The molecule has 0 spiro atoms. The van der Waals surface area contributed by atoms with Crippen LogP contribution in [0.5, 0.6) is 11.5 Å². The van der Waals surface area contributed by atoms with Crippen LogP contribution in [0.25, 0.3) is 0 Å². The van der Waals surface area contributed by atoms with Crippen LogP contribution in [-0.4, -0.2) is 25.7 Å². The fourth-order valence-electron chi connectivity index (χ4n) is 1.83. The Morgan fingerprint density at radius 3 is 2.55 bits per heavy atom. The summed E-state index contributed by atoms with van der Waals surface area (Å²) in [6, 6.07) is 5.56. The second-order valence-electron chi connectivity index (χ2n) is 4.90. The number of methoxy groups -OCH3 is 1. The lowest BCUT2D eigenvalue weighted by atomic mass is 10.1. The van der Waals surface area contributed by atoms with Crippen molar-refractivity contribution >= 4 is 5.91 Å². The zero-order valence-electron chi connectivity index (χ0n) is 12.6. The third-order valence-corrected chi connectivity index (χ3v) is 2.80. The molecule has 5 heteroatoms. The van der Waals surface area contributed by atoms with Gasteiger partial charge in [-0.25, -0.2) is 0 Å². The molecule has 1 aromatic carbocycles. The molecular formula is C15H24N2O3. The highest BCUT2D eigenvalue weighted by atomic mass is 16.5. The highest BCUT2D eigenvalue weighted by Gasteiger charge is 2.13. The summed E-state index contributed by atoms with van der Waals surface area (Å²) in [5, 5.41) is 2.89. The van der Waals surface area contributed by atoms with Gasteiger partial charge in [0.2, 0.25) is 5.91 Å². The predicted molar refractivity (Wildman–Crippen MR) is 79.0 cm³/mol. The third kappa shape index (κ3) is 4.74. The fourth-order valence-corrected chi connectivity index (χ4v) is 1.83. The van der Waals surface area contributed by atoms with E-state index in [4.69, 9.17) is 15.2 Å². The number of carbonyl (C=O) groups is 1. The quantitative estimate of drug-likeness (QED) is 0.801. The van der Waals surface area contributed by atoms with Gasteiger partial charge in [0.25, 0.3) is 0 Å². The van der Waals surface area contributed by atoms with Crippen molar-refractivity contribution in [1.82, 2.24) is 5.32 Å². The Morgan fingerprint density at radius 2 is 2.00 bits per heavy atom. The Hall–Kier alpha value is -1.75. The van der Waals surface area contributed by atoms with Crippen LogP contribution >= 0.6 is 0 Å². The average Bonchev–Trinajstić information content (AvgIpc) is 2.38. The molecule has 112 valence electrons. The maximum Gasteiger partial charge on any atom is 0.221 e. The van der Waals surface area contributed by atoms with Crippen LogP contribution < -0.4 is 20.5 Å². The molecule has 0 saturated carbocycles. The van der Waals surface area contributed by atoms with E-state index in [1.54, 1.807) is 7.11 Å². The molecule has 0 aliphatic rings. The molecule has 5 nitrogen and oxygen atoms in total. The lowest BCUT2D eigenvalue weighted by molar-refractivity contribution is -0.121. The smallest absolute Gasteiger partial charge is 0.221 e. The molecule has 1 rings (SSSR count). The number of carbonyl (C=O) groups excluding carboxylic acids is 1. The minimum absolute atomic E-state index is 0.0542. The minimum atomic E-state index is -0.101. The monoisotopic (exact) mass is 280 g/mol. The van der Waals surface area contributed by atoms with Crippen LogP contribution in [0.2, 0.25) is 0 Å². The van der Waals surface area contributed by atoms with Crippen LogP contribution in [0.15, 0.2) is 18.2 Å². The van der Waals surface area contributed by atoms with Gasteiger partial charge in [0.15, 0.2) is 11.5 Å². The maximum atomic E-state index is 11.5. The van der Waals surface area contributed by atoms with E-state index in [-0.39, 0.29) is 18.1 Å². The van der Waals surface area contributed by atoms with Gasteiger partial charge in [-0.15, -0.1) is 0 Å². The van der Waals surface area contributed by atoms with Crippen molar-refractivity contribution in [1.29, 1.82) is 0 Å². The molecule has 0 radical (unpaired) electrons. The van der Waals surface area contributed by atoms with Crippen LogP contribution in [0, 0.1) is 0 Å². The molecule has 0 heterocycles. The Labute approximate surface area is 120 Å². The van der Waals surface area contributed by atoms with E-state index in [2.05, 4.69) is 5.32 Å². The van der Waals surface area contributed by atoms with Gasteiger partial charge in [0.05, 0.1) is 19.3 Å². The van der Waals surface area contributed by atoms with Gasteiger partial charge in [-0.3, -0.25) is 4.79 Å². The summed E-state index contributed by atoms with van der Waals surface area (Å²) in [6.45, 7) is 6.20. The Bertz CT molecular complexity index is 447. The number of hydrogen-bond donors (Lipinski definition) is 2. The Morgan fingerprint density at radius 1 is 1.30 bits per heavy atom. The first kappa shape index (κ1) is 16.3. The summed E-state index contributed by atoms with van der Waals surface area (Å²) in [5.74, 6) is 1.31. The SMILES string of the molecule is COc1cc(C(C)NC(=O)CCN)ccc1OC(C)C. The van der Waals surface area contributed by atoms with Gasteiger partial charge in [0, 0.05) is 13.0 Å². The third-order valence-electron chi connectivity index (χ3n) is 2.80. The molecule has 1 aromatic rings. The molecule has 3 N–H and O–H groups in total. The van der Waals surface area contributed by atoms with Crippen molar-refractivity contribution in [3.8, 4) is 11.5 Å². The summed E-state index contributed by atoms with van der Waals surface area (Å²) in [7, 11) is 1.60. The molecule has 0 aliphatic heterocycles. The molecule has 0 aliphatic carbocycles. The van der Waals surface area contributed by atoms with Crippen LogP contribution in [0.3, 0.4) is 0 Å². The topological polar surface area (TPSA) is 73.6 Å². The minimum Gasteiger partial charge on any atom is -0.493 e. The summed E-state index contributed by atoms with van der Waals surface area (Å²) in [4.78, 5) is 11.5. The van der Waals surface area contributed by atoms with Crippen molar-refractivity contribution in [2.45, 2.75) is 39.3 Å². The van der Waals surface area contributed by atoms with E-state index in [0.717, 1.165) is 5.56 Å². The standard InChI is InChI=1S/C15H24N2O3/c1-10(2)20-13-6-5-12(9-14(13)19-4)11(3)17-15(18)7-8-16/h5-6,9-11H,7-8,16H2,1-4H3,(H,17,18). The number of ether oxygens (including phenoxy) is 2. The highest BCUT2D eigenvalue weighted by molar-refractivity contribution is 5.76. The van der Waals surface area contributed by atoms with E-state index in [1.807, 2.05) is 39.0 Å². The first-order valence-electron chi connectivity index (χ1n) is 6.82. The Balaban J connectivity index is 2.83. The van der Waals surface area contributed by atoms with E-state index in [0.29, 0.717) is 24.5 Å². The zero-order valence-corrected chi connectivity index (χ0v) is 12.6. The molecule has 0 saturated heterocycles.